The van der Waals surface area contributed by atoms with Crippen LogP contribution < -0.4 is 16.0 Å². The molecule has 2 fully saturated rings. The van der Waals surface area contributed by atoms with Gasteiger partial charge in [0.2, 0.25) is 0 Å². The Kier molecular flexibility index (Phi) is 3.90. The molecule has 1 aliphatic carbocycles. The lowest BCUT2D eigenvalue weighted by atomic mass is 9.70. The Hall–Kier alpha value is -3.23. The summed E-state index contributed by atoms with van der Waals surface area (Å²) in [5, 5.41) is 15.9. The second-order valence-corrected chi connectivity index (χ2v) is 6.54. The second kappa shape index (κ2) is 6.25. The van der Waals surface area contributed by atoms with Crippen molar-refractivity contribution in [3.8, 4) is 5.69 Å². The summed E-state index contributed by atoms with van der Waals surface area (Å²) in [5.74, 6) is -0.811. The molecule has 1 atom stereocenters. The van der Waals surface area contributed by atoms with Crippen LogP contribution >= 0.6 is 0 Å². The predicted molar refractivity (Wildman–Crippen MR) is 90.4 cm³/mol. The van der Waals surface area contributed by atoms with Gasteiger partial charge in [-0.2, -0.15) is 9.90 Å². The van der Waals surface area contributed by atoms with Crippen molar-refractivity contribution in [3.63, 3.8) is 0 Å². The molecule has 1 aliphatic heterocycles. The first-order valence-electron chi connectivity index (χ1n) is 8.48. The highest BCUT2D eigenvalue weighted by atomic mass is 16.2. The lowest BCUT2D eigenvalue weighted by Crippen LogP contribution is -2.61. The summed E-state index contributed by atoms with van der Waals surface area (Å²) in [6.45, 7) is 0.0201. The van der Waals surface area contributed by atoms with E-state index in [1.54, 1.807) is 0 Å². The maximum Gasteiger partial charge on any atom is 0.322 e. The van der Waals surface area contributed by atoms with Crippen LogP contribution in [0.1, 0.15) is 29.8 Å². The van der Waals surface area contributed by atoms with Crippen LogP contribution in [0.2, 0.25) is 0 Å². The summed E-state index contributed by atoms with van der Waals surface area (Å²) >= 11 is 0. The van der Waals surface area contributed by atoms with Gasteiger partial charge in [0.05, 0.1) is 18.4 Å². The van der Waals surface area contributed by atoms with Gasteiger partial charge >= 0.3 is 6.03 Å². The number of carbonyl (C=O) groups is 3. The summed E-state index contributed by atoms with van der Waals surface area (Å²) in [7, 11) is 0. The van der Waals surface area contributed by atoms with E-state index in [-0.39, 0.29) is 24.1 Å². The number of rotatable bonds is 5. The summed E-state index contributed by atoms with van der Waals surface area (Å²) in [6.07, 6.45) is 4.06. The van der Waals surface area contributed by atoms with Gasteiger partial charge < -0.3 is 10.6 Å². The van der Waals surface area contributed by atoms with Crippen molar-refractivity contribution < 1.29 is 14.4 Å². The highest BCUT2D eigenvalue weighted by Gasteiger charge is 2.53. The SMILES string of the molecule is O=C1NC(=O)[C@](CNC(=O)c2cnn(-c3ccccc3)n2)(C2CCC2)N1. The summed E-state index contributed by atoms with van der Waals surface area (Å²) in [4.78, 5) is 37.7. The molecule has 2 aromatic rings. The number of carbonyl (C=O) groups excluding carboxylic acids is 3. The zero-order chi connectivity index (χ0) is 18.1. The normalized spacial score (nSPS) is 22.5. The number of benzene rings is 1. The van der Waals surface area contributed by atoms with Crippen LogP contribution in [0.4, 0.5) is 4.79 Å². The van der Waals surface area contributed by atoms with E-state index in [1.165, 1.54) is 11.0 Å². The molecule has 134 valence electrons. The lowest BCUT2D eigenvalue weighted by molar-refractivity contribution is -0.126. The van der Waals surface area contributed by atoms with Gasteiger partial charge in [-0.05, 0) is 30.9 Å². The first-order valence-corrected chi connectivity index (χ1v) is 8.48. The Morgan fingerprint density at radius 1 is 1.27 bits per heavy atom. The van der Waals surface area contributed by atoms with E-state index in [9.17, 15) is 14.4 Å². The molecule has 1 aromatic carbocycles. The minimum atomic E-state index is -1.08. The van der Waals surface area contributed by atoms with Gasteiger partial charge in [0, 0.05) is 0 Å². The lowest BCUT2D eigenvalue weighted by Gasteiger charge is -2.40. The van der Waals surface area contributed by atoms with Crippen LogP contribution in [-0.2, 0) is 4.79 Å². The van der Waals surface area contributed by atoms with Crippen molar-refractivity contribution in [1.29, 1.82) is 0 Å². The number of para-hydroxylation sites is 1. The smallest absolute Gasteiger partial charge is 0.322 e. The molecule has 2 aliphatic rings. The number of hydrogen-bond acceptors (Lipinski definition) is 5. The third-order valence-electron chi connectivity index (χ3n) is 5.01. The number of aromatic nitrogens is 3. The number of amides is 4. The van der Waals surface area contributed by atoms with Crippen LogP contribution in [-0.4, -0.2) is 44.9 Å². The maximum absolute atomic E-state index is 12.4. The second-order valence-electron chi connectivity index (χ2n) is 6.54. The van der Waals surface area contributed by atoms with Crippen LogP contribution in [0.3, 0.4) is 0 Å². The monoisotopic (exact) mass is 354 g/mol. The number of imide groups is 1. The minimum Gasteiger partial charge on any atom is -0.348 e. The molecule has 0 spiro atoms. The zero-order valence-corrected chi connectivity index (χ0v) is 13.9. The highest BCUT2D eigenvalue weighted by Crippen LogP contribution is 2.37. The van der Waals surface area contributed by atoms with E-state index in [1.807, 2.05) is 30.3 Å². The third kappa shape index (κ3) is 2.71. The Morgan fingerprint density at radius 3 is 2.65 bits per heavy atom. The third-order valence-corrected chi connectivity index (χ3v) is 5.01. The van der Waals surface area contributed by atoms with E-state index >= 15 is 0 Å². The molecule has 0 unspecified atom stereocenters. The molecule has 9 heteroatoms. The number of urea groups is 1. The predicted octanol–water partition coefficient (Wildman–Crippen LogP) is 0.375. The number of hydrogen-bond donors (Lipinski definition) is 3. The highest BCUT2D eigenvalue weighted by molar-refractivity contribution is 6.08. The first-order chi connectivity index (χ1) is 12.6. The van der Waals surface area contributed by atoms with Crippen LogP contribution in [0.15, 0.2) is 36.5 Å². The summed E-state index contributed by atoms with van der Waals surface area (Å²) < 4.78 is 0. The van der Waals surface area contributed by atoms with E-state index in [0.717, 1.165) is 24.9 Å². The Labute approximate surface area is 149 Å². The molecule has 1 saturated heterocycles. The molecule has 0 radical (unpaired) electrons. The molecular weight excluding hydrogens is 336 g/mol. The van der Waals surface area contributed by atoms with E-state index < -0.39 is 17.5 Å². The molecule has 1 aromatic heterocycles. The molecule has 26 heavy (non-hydrogen) atoms. The van der Waals surface area contributed by atoms with Crippen molar-refractivity contribution in [2.45, 2.75) is 24.8 Å². The van der Waals surface area contributed by atoms with E-state index in [4.69, 9.17) is 0 Å². The van der Waals surface area contributed by atoms with E-state index in [0.29, 0.717) is 0 Å². The topological polar surface area (TPSA) is 118 Å². The Bertz CT molecular complexity index is 860. The van der Waals surface area contributed by atoms with Crippen LogP contribution in [0.5, 0.6) is 0 Å². The van der Waals surface area contributed by atoms with Gasteiger partial charge in [-0.25, -0.2) is 4.79 Å². The molecule has 2 heterocycles. The van der Waals surface area contributed by atoms with Crippen molar-refractivity contribution in [1.82, 2.24) is 30.9 Å². The Morgan fingerprint density at radius 2 is 2.04 bits per heavy atom. The molecule has 4 amide bonds. The van der Waals surface area contributed by atoms with Crippen molar-refractivity contribution in [3.05, 3.63) is 42.2 Å². The average Bonchev–Trinajstić information content (AvgIpc) is 3.18. The summed E-state index contributed by atoms with van der Waals surface area (Å²) in [5.41, 5.74) is -0.206. The standard InChI is InChI=1S/C17H18N6O3/c24-14(13-9-19-23(22-13)12-7-2-1-3-8-12)18-10-17(11-5-4-6-11)15(25)20-16(26)21-17/h1-3,7-9,11H,4-6,10H2,(H,18,24)(H2,20,21,25,26)/t17-/m0/s1. The summed E-state index contributed by atoms with van der Waals surface area (Å²) in [6, 6.07) is 8.70. The molecule has 3 N–H and O–H groups in total. The van der Waals surface area contributed by atoms with E-state index in [2.05, 4.69) is 26.1 Å². The van der Waals surface area contributed by atoms with Gasteiger partial charge in [0.15, 0.2) is 5.69 Å². The van der Waals surface area contributed by atoms with Gasteiger partial charge in [-0.3, -0.25) is 14.9 Å². The zero-order valence-electron chi connectivity index (χ0n) is 13.9. The molecular formula is C17H18N6O3. The van der Waals surface area contributed by atoms with Crippen molar-refractivity contribution in [2.24, 2.45) is 5.92 Å². The van der Waals surface area contributed by atoms with Gasteiger partial charge in [0.25, 0.3) is 11.8 Å². The van der Waals surface area contributed by atoms with Gasteiger partial charge in [0.1, 0.15) is 5.54 Å². The fraction of sp³-hybridized carbons (Fsp3) is 0.353. The number of nitrogens with one attached hydrogen (secondary N) is 3. The van der Waals surface area contributed by atoms with Gasteiger partial charge in [-0.1, -0.05) is 24.6 Å². The maximum atomic E-state index is 12.4. The molecule has 0 bridgehead atoms. The van der Waals surface area contributed by atoms with Gasteiger partial charge in [-0.15, -0.1) is 5.10 Å². The largest absolute Gasteiger partial charge is 0.348 e. The minimum absolute atomic E-state index is 0.0201. The van der Waals surface area contributed by atoms with Crippen molar-refractivity contribution in [2.75, 3.05) is 6.54 Å². The average molecular weight is 354 g/mol. The first kappa shape index (κ1) is 16.2. The molecule has 4 rings (SSSR count). The Balaban J connectivity index is 1.47. The van der Waals surface area contributed by atoms with Crippen LogP contribution in [0.25, 0.3) is 5.69 Å². The van der Waals surface area contributed by atoms with Crippen molar-refractivity contribution >= 4 is 17.8 Å². The fourth-order valence-electron chi connectivity index (χ4n) is 3.33. The fourth-order valence-corrected chi connectivity index (χ4v) is 3.33. The molecule has 1 saturated carbocycles. The van der Waals surface area contributed by atoms with Crippen LogP contribution in [0, 0.1) is 5.92 Å². The quantitative estimate of drug-likeness (QED) is 0.671. The number of nitrogens with zero attached hydrogens (tertiary/aromatic N) is 3. The molecule has 9 nitrogen and oxygen atoms in total.